The summed E-state index contributed by atoms with van der Waals surface area (Å²) < 4.78 is 0. The first-order valence-corrected chi connectivity index (χ1v) is 6.63. The van der Waals surface area contributed by atoms with Gasteiger partial charge in [-0.15, -0.1) is 59.8 Å². The van der Waals surface area contributed by atoms with Crippen molar-refractivity contribution in [1.29, 1.82) is 0 Å². The van der Waals surface area contributed by atoms with E-state index in [0.717, 1.165) is 22.6 Å². The normalized spacial score (nSPS) is 10.8. The molecule has 0 bridgehead atoms. The maximum Gasteiger partial charge on any atom is 0.0317 e. The van der Waals surface area contributed by atoms with Crippen molar-refractivity contribution in [3.05, 3.63) is 9.75 Å². The molecule has 0 aliphatic heterocycles. The van der Waals surface area contributed by atoms with Gasteiger partial charge in [0.05, 0.1) is 0 Å². The van der Waals surface area contributed by atoms with Gasteiger partial charge in [-0.1, -0.05) is 0 Å². The highest BCUT2D eigenvalue weighted by molar-refractivity contribution is 7.84. The summed E-state index contributed by atoms with van der Waals surface area (Å²) in [7, 11) is 0. The maximum atomic E-state index is 5.67. The number of aryl methyl sites for hydroxylation is 2. The van der Waals surface area contributed by atoms with E-state index >= 15 is 0 Å². The first-order valence-electron chi connectivity index (χ1n) is 3.85. The Labute approximate surface area is 103 Å². The molecule has 0 aliphatic carbocycles. The maximum absolute atomic E-state index is 5.67. The van der Waals surface area contributed by atoms with Crippen molar-refractivity contribution in [2.45, 2.75) is 22.6 Å². The zero-order valence-electron chi connectivity index (χ0n) is 6.89. The molecule has 0 saturated carbocycles. The van der Waals surface area contributed by atoms with Crippen LogP contribution in [0.5, 0.6) is 0 Å². The molecular weight excluding hydrogens is 263 g/mol. The Morgan fingerprint density at radius 3 is 1.62 bits per heavy atom. The standard InChI is InChI=1S/C8H10Cl2S3/c9-3-1-5-7(11)8(12)6(13-5)2-4-10/h11-12H,1-4H2. The number of hydrogen-bond acceptors (Lipinski definition) is 3. The fourth-order valence-electron chi connectivity index (χ4n) is 1.02. The summed E-state index contributed by atoms with van der Waals surface area (Å²) in [5, 5.41) is 0. The van der Waals surface area contributed by atoms with Crippen LogP contribution in [0, 0.1) is 0 Å². The van der Waals surface area contributed by atoms with Crippen LogP contribution in [0.15, 0.2) is 9.79 Å². The van der Waals surface area contributed by atoms with Crippen LogP contribution < -0.4 is 0 Å². The number of halogens is 2. The van der Waals surface area contributed by atoms with Crippen molar-refractivity contribution < 1.29 is 0 Å². The number of thiophene rings is 1. The van der Waals surface area contributed by atoms with E-state index in [9.17, 15) is 0 Å². The van der Waals surface area contributed by atoms with Crippen LogP contribution in [-0.4, -0.2) is 11.8 Å². The molecule has 0 aliphatic rings. The summed E-state index contributed by atoms with van der Waals surface area (Å²) in [6.45, 7) is 0. The van der Waals surface area contributed by atoms with E-state index < -0.39 is 0 Å². The molecule has 0 fully saturated rings. The quantitative estimate of drug-likeness (QED) is 0.603. The number of alkyl halides is 2. The lowest BCUT2D eigenvalue weighted by atomic mass is 10.3. The zero-order chi connectivity index (χ0) is 9.84. The van der Waals surface area contributed by atoms with Gasteiger partial charge >= 0.3 is 0 Å². The van der Waals surface area contributed by atoms with E-state index in [2.05, 4.69) is 25.3 Å². The molecule has 0 nitrogen and oxygen atoms in total. The third kappa shape index (κ3) is 2.96. The summed E-state index contributed by atoms with van der Waals surface area (Å²) in [6.07, 6.45) is 1.72. The molecule has 0 unspecified atom stereocenters. The second-order valence-corrected chi connectivity index (χ2v) is 5.36. The Kier molecular flexibility index (Phi) is 5.34. The Balaban J connectivity index is 2.90. The number of rotatable bonds is 4. The summed E-state index contributed by atoms with van der Waals surface area (Å²) >= 11 is 21.8. The molecular formula is C8H10Cl2S3. The molecule has 74 valence electrons. The number of thiol groups is 2. The van der Waals surface area contributed by atoms with Gasteiger partial charge in [-0.25, -0.2) is 0 Å². The summed E-state index contributed by atoms with van der Waals surface area (Å²) in [4.78, 5) is 4.36. The first-order chi connectivity index (χ1) is 6.20. The van der Waals surface area contributed by atoms with Crippen molar-refractivity contribution in [2.75, 3.05) is 11.8 Å². The lowest BCUT2D eigenvalue weighted by molar-refractivity contribution is 1.08. The molecule has 0 spiro atoms. The highest BCUT2D eigenvalue weighted by Gasteiger charge is 2.11. The molecule has 0 radical (unpaired) electrons. The fourth-order valence-corrected chi connectivity index (χ4v) is 3.64. The van der Waals surface area contributed by atoms with Gasteiger partial charge < -0.3 is 0 Å². The van der Waals surface area contributed by atoms with E-state index in [1.807, 2.05) is 0 Å². The first kappa shape index (κ1) is 12.1. The summed E-state index contributed by atoms with van der Waals surface area (Å²) in [6, 6.07) is 0. The van der Waals surface area contributed by atoms with Crippen molar-refractivity contribution in [3.8, 4) is 0 Å². The van der Waals surface area contributed by atoms with Crippen LogP contribution >= 0.6 is 59.8 Å². The molecule has 0 aromatic carbocycles. The van der Waals surface area contributed by atoms with Crippen molar-refractivity contribution in [3.63, 3.8) is 0 Å². The highest BCUT2D eigenvalue weighted by atomic mass is 35.5. The molecule has 1 aromatic heterocycles. The van der Waals surface area contributed by atoms with Crippen molar-refractivity contribution in [2.24, 2.45) is 0 Å². The average molecular weight is 273 g/mol. The predicted octanol–water partition coefficient (Wildman–Crippen LogP) is 3.89. The SMILES string of the molecule is Sc1c(CCCl)sc(CCCl)c1S. The minimum atomic E-state index is 0.627. The number of hydrogen-bond donors (Lipinski definition) is 2. The Bertz CT molecular complexity index is 257. The third-order valence-corrected chi connectivity index (χ3v) is 4.80. The van der Waals surface area contributed by atoms with Gasteiger partial charge in [0.15, 0.2) is 0 Å². The summed E-state index contributed by atoms with van der Waals surface area (Å²) in [5.41, 5.74) is 0. The van der Waals surface area contributed by atoms with E-state index in [1.165, 1.54) is 9.75 Å². The van der Waals surface area contributed by atoms with Crippen LogP contribution in [0.3, 0.4) is 0 Å². The Hall–Kier alpha value is 0.980. The van der Waals surface area contributed by atoms with E-state index in [-0.39, 0.29) is 0 Å². The van der Waals surface area contributed by atoms with Crippen molar-refractivity contribution in [1.82, 2.24) is 0 Å². The smallest absolute Gasteiger partial charge is 0.0317 e. The zero-order valence-corrected chi connectivity index (χ0v) is 11.0. The van der Waals surface area contributed by atoms with Gasteiger partial charge in [0, 0.05) is 31.3 Å². The van der Waals surface area contributed by atoms with E-state index in [4.69, 9.17) is 23.2 Å². The van der Waals surface area contributed by atoms with Gasteiger partial charge in [-0.2, -0.15) is 0 Å². The third-order valence-electron chi connectivity index (χ3n) is 1.64. The molecule has 0 N–H and O–H groups in total. The largest absolute Gasteiger partial charge is 0.143 e. The molecule has 0 amide bonds. The lowest BCUT2D eigenvalue weighted by Gasteiger charge is -1.93. The van der Waals surface area contributed by atoms with Crippen molar-refractivity contribution >= 4 is 59.8 Å². The van der Waals surface area contributed by atoms with Gasteiger partial charge in [0.25, 0.3) is 0 Å². The van der Waals surface area contributed by atoms with Crippen LogP contribution in [0.2, 0.25) is 0 Å². The summed E-state index contributed by atoms with van der Waals surface area (Å²) in [5.74, 6) is 1.25. The Morgan fingerprint density at radius 1 is 0.923 bits per heavy atom. The molecule has 1 rings (SSSR count). The van der Waals surface area contributed by atoms with Crippen LogP contribution in [0.4, 0.5) is 0 Å². The minimum Gasteiger partial charge on any atom is -0.143 e. The second-order valence-electron chi connectivity index (χ2n) is 2.52. The second kappa shape index (κ2) is 5.76. The van der Waals surface area contributed by atoms with Gasteiger partial charge in [-0.3, -0.25) is 0 Å². The van der Waals surface area contributed by atoms with Gasteiger partial charge in [0.1, 0.15) is 0 Å². The molecule has 1 aromatic rings. The predicted molar refractivity (Wildman–Crippen MR) is 67.7 cm³/mol. The van der Waals surface area contributed by atoms with E-state index in [0.29, 0.717) is 11.8 Å². The molecule has 5 heteroatoms. The van der Waals surface area contributed by atoms with Crippen LogP contribution in [-0.2, 0) is 12.8 Å². The minimum absolute atomic E-state index is 0.627. The lowest BCUT2D eigenvalue weighted by Crippen LogP contribution is -1.81. The molecule has 0 saturated heterocycles. The van der Waals surface area contributed by atoms with E-state index in [1.54, 1.807) is 11.3 Å². The average Bonchev–Trinajstić information content (AvgIpc) is 2.36. The topological polar surface area (TPSA) is 0 Å². The highest BCUT2D eigenvalue weighted by Crippen LogP contribution is 2.35. The Morgan fingerprint density at radius 2 is 1.31 bits per heavy atom. The molecule has 13 heavy (non-hydrogen) atoms. The van der Waals surface area contributed by atoms with Crippen LogP contribution in [0.1, 0.15) is 9.75 Å². The molecule has 1 heterocycles. The van der Waals surface area contributed by atoms with Gasteiger partial charge in [-0.05, 0) is 12.8 Å². The van der Waals surface area contributed by atoms with Crippen LogP contribution in [0.25, 0.3) is 0 Å². The monoisotopic (exact) mass is 272 g/mol. The fraction of sp³-hybridized carbons (Fsp3) is 0.500. The molecule has 0 atom stereocenters. The van der Waals surface area contributed by atoms with Gasteiger partial charge in [0.2, 0.25) is 0 Å².